The highest BCUT2D eigenvalue weighted by molar-refractivity contribution is 6.37. The molecule has 1 saturated heterocycles. The molecule has 1 aromatic heterocycles. The summed E-state index contributed by atoms with van der Waals surface area (Å²) in [6.45, 7) is 2.61. The van der Waals surface area contributed by atoms with E-state index in [4.69, 9.17) is 23.2 Å². The Balaban J connectivity index is 1.76. The molecule has 2 heterocycles. The Morgan fingerprint density at radius 1 is 1.29 bits per heavy atom. The van der Waals surface area contributed by atoms with E-state index in [-0.39, 0.29) is 10.8 Å². The van der Waals surface area contributed by atoms with Gasteiger partial charge in [0, 0.05) is 6.20 Å². The van der Waals surface area contributed by atoms with Crippen LogP contribution in [0.3, 0.4) is 0 Å². The van der Waals surface area contributed by atoms with E-state index in [1.54, 1.807) is 6.92 Å². The van der Waals surface area contributed by atoms with Gasteiger partial charge in [0.15, 0.2) is 5.82 Å². The Bertz CT molecular complexity index is 984. The van der Waals surface area contributed by atoms with E-state index in [2.05, 4.69) is 15.6 Å². The third-order valence-corrected chi connectivity index (χ3v) is 5.30. The number of nitrogens with one attached hydrogen (secondary N) is 2. The molecule has 0 saturated carbocycles. The van der Waals surface area contributed by atoms with Gasteiger partial charge < -0.3 is 10.6 Å². The van der Waals surface area contributed by atoms with E-state index in [0.717, 1.165) is 4.90 Å². The summed E-state index contributed by atoms with van der Waals surface area (Å²) in [5.41, 5.74) is -0.474. The van der Waals surface area contributed by atoms with Crippen LogP contribution >= 0.6 is 23.2 Å². The molecule has 1 aromatic carbocycles. The van der Waals surface area contributed by atoms with Crippen LogP contribution in [0, 0.1) is 12.7 Å². The molecule has 7 nitrogen and oxygen atoms in total. The van der Waals surface area contributed by atoms with E-state index in [9.17, 15) is 18.8 Å². The quantitative estimate of drug-likeness (QED) is 0.736. The number of halogens is 3. The minimum absolute atomic E-state index is 0.0712. The number of nitrogens with zero attached hydrogens (tertiary/aromatic N) is 2. The maximum Gasteiger partial charge on any atom is 0.325 e. The molecule has 146 valence electrons. The molecule has 3 rings (SSSR count). The SMILES string of the molecule is Cc1c(Cl)cnc(NC(=O)CN2C(=O)NC(C)(c3ccc(F)cc3)C2=O)c1Cl. The Hall–Kier alpha value is -2.71. The van der Waals surface area contributed by atoms with E-state index < -0.39 is 35.7 Å². The second-order valence-corrected chi connectivity index (χ2v) is 7.18. The number of imide groups is 1. The van der Waals surface area contributed by atoms with Crippen molar-refractivity contribution in [3.05, 3.63) is 57.5 Å². The molecule has 1 aliphatic rings. The minimum atomic E-state index is -1.40. The van der Waals surface area contributed by atoms with Gasteiger partial charge in [0.25, 0.3) is 5.91 Å². The van der Waals surface area contributed by atoms with Crippen LogP contribution in [0.5, 0.6) is 0 Å². The Morgan fingerprint density at radius 3 is 2.57 bits per heavy atom. The van der Waals surface area contributed by atoms with E-state index in [1.807, 2.05) is 0 Å². The molecule has 1 atom stereocenters. The zero-order valence-electron chi connectivity index (χ0n) is 14.8. The smallest absolute Gasteiger partial charge is 0.319 e. The first-order chi connectivity index (χ1) is 13.1. The lowest BCUT2D eigenvalue weighted by Crippen LogP contribution is -2.42. The van der Waals surface area contributed by atoms with E-state index >= 15 is 0 Å². The lowest BCUT2D eigenvalue weighted by molar-refractivity contribution is -0.133. The van der Waals surface area contributed by atoms with Gasteiger partial charge in [-0.2, -0.15) is 0 Å². The van der Waals surface area contributed by atoms with Gasteiger partial charge in [0.2, 0.25) is 5.91 Å². The average Bonchev–Trinajstić information content (AvgIpc) is 2.87. The third-order valence-electron chi connectivity index (χ3n) is 4.46. The highest BCUT2D eigenvalue weighted by Gasteiger charge is 2.49. The molecule has 2 N–H and O–H groups in total. The van der Waals surface area contributed by atoms with E-state index in [0.29, 0.717) is 16.1 Å². The third kappa shape index (κ3) is 3.53. The number of rotatable bonds is 4. The molecule has 1 aliphatic heterocycles. The molecule has 1 unspecified atom stereocenters. The number of hydrogen-bond donors (Lipinski definition) is 2. The second-order valence-electron chi connectivity index (χ2n) is 6.40. The summed E-state index contributed by atoms with van der Waals surface area (Å²) in [5.74, 6) is -1.70. The number of pyridine rings is 1. The van der Waals surface area contributed by atoms with Crippen molar-refractivity contribution in [2.75, 3.05) is 11.9 Å². The first-order valence-electron chi connectivity index (χ1n) is 8.14. The van der Waals surface area contributed by atoms with Crippen LogP contribution in [0.2, 0.25) is 10.0 Å². The maximum atomic E-state index is 13.2. The van der Waals surface area contributed by atoms with Crippen molar-refractivity contribution < 1.29 is 18.8 Å². The van der Waals surface area contributed by atoms with Crippen LogP contribution in [0.4, 0.5) is 15.0 Å². The topological polar surface area (TPSA) is 91.4 Å². The van der Waals surface area contributed by atoms with Gasteiger partial charge in [-0.25, -0.2) is 14.2 Å². The molecule has 2 aromatic rings. The van der Waals surface area contributed by atoms with Crippen molar-refractivity contribution in [3.8, 4) is 0 Å². The number of anilines is 1. The van der Waals surface area contributed by atoms with Crippen LogP contribution in [0.25, 0.3) is 0 Å². The molecule has 1 fully saturated rings. The summed E-state index contributed by atoms with van der Waals surface area (Å²) in [6, 6.07) is 4.44. The van der Waals surface area contributed by atoms with Crippen molar-refractivity contribution in [1.82, 2.24) is 15.2 Å². The second kappa shape index (κ2) is 7.37. The lowest BCUT2D eigenvalue weighted by Gasteiger charge is -2.22. The van der Waals surface area contributed by atoms with Gasteiger partial charge in [-0.05, 0) is 37.1 Å². The number of amides is 4. The fourth-order valence-corrected chi connectivity index (χ4v) is 3.17. The first kappa shape index (κ1) is 20.0. The predicted molar refractivity (Wildman–Crippen MR) is 102 cm³/mol. The van der Waals surface area contributed by atoms with Gasteiger partial charge in [-0.15, -0.1) is 0 Å². The summed E-state index contributed by atoms with van der Waals surface area (Å²) in [5, 5.41) is 5.50. The standard InChI is InChI=1S/C18H15Cl2FN4O3/c1-9-12(19)7-22-15(14(9)20)23-13(26)8-25-16(27)18(2,24-17(25)28)10-3-5-11(21)6-4-10/h3-7H,8H2,1-2H3,(H,24,28)(H,22,23,26). The average molecular weight is 425 g/mol. The zero-order valence-corrected chi connectivity index (χ0v) is 16.4. The largest absolute Gasteiger partial charge is 0.325 e. The summed E-state index contributed by atoms with van der Waals surface area (Å²) in [4.78, 5) is 42.1. The van der Waals surface area contributed by atoms with E-state index in [1.165, 1.54) is 37.4 Å². The van der Waals surface area contributed by atoms with Gasteiger partial charge >= 0.3 is 6.03 Å². The molecular formula is C18H15Cl2FN4O3. The number of carbonyl (C=O) groups is 3. The maximum absolute atomic E-state index is 13.2. The number of hydrogen-bond acceptors (Lipinski definition) is 4. The van der Waals surface area contributed by atoms with Gasteiger partial charge in [-0.3, -0.25) is 14.5 Å². The van der Waals surface area contributed by atoms with Crippen molar-refractivity contribution in [3.63, 3.8) is 0 Å². The van der Waals surface area contributed by atoms with Gasteiger partial charge in [0.05, 0.1) is 10.0 Å². The molecule has 0 aliphatic carbocycles. The minimum Gasteiger partial charge on any atom is -0.319 e. The van der Waals surface area contributed by atoms with Crippen molar-refractivity contribution >= 4 is 46.9 Å². The first-order valence-corrected chi connectivity index (χ1v) is 8.89. The summed E-state index contributed by atoms with van der Waals surface area (Å²) >= 11 is 12.0. The summed E-state index contributed by atoms with van der Waals surface area (Å²) < 4.78 is 13.2. The number of benzene rings is 1. The van der Waals surface area contributed by atoms with Crippen molar-refractivity contribution in [2.24, 2.45) is 0 Å². The van der Waals surface area contributed by atoms with Crippen LogP contribution < -0.4 is 10.6 Å². The summed E-state index contributed by atoms with van der Waals surface area (Å²) in [6.07, 6.45) is 1.33. The van der Waals surface area contributed by atoms with Gasteiger partial charge in [-0.1, -0.05) is 35.3 Å². The molecule has 0 bridgehead atoms. The van der Waals surface area contributed by atoms with Crippen LogP contribution in [-0.2, 0) is 15.1 Å². The molecule has 4 amide bonds. The van der Waals surface area contributed by atoms with Crippen molar-refractivity contribution in [1.29, 1.82) is 0 Å². The monoisotopic (exact) mass is 424 g/mol. The number of aromatic nitrogens is 1. The van der Waals surface area contributed by atoms with Crippen molar-refractivity contribution in [2.45, 2.75) is 19.4 Å². The summed E-state index contributed by atoms with van der Waals surface area (Å²) in [7, 11) is 0. The Kier molecular flexibility index (Phi) is 5.27. The molecule has 0 spiro atoms. The highest BCUT2D eigenvalue weighted by atomic mass is 35.5. The zero-order chi connectivity index (χ0) is 20.6. The van der Waals surface area contributed by atoms with Crippen LogP contribution in [0.15, 0.2) is 30.5 Å². The fraction of sp³-hybridized carbons (Fsp3) is 0.222. The fourth-order valence-electron chi connectivity index (χ4n) is 2.78. The number of carbonyl (C=O) groups excluding carboxylic acids is 3. The molecule has 28 heavy (non-hydrogen) atoms. The highest BCUT2D eigenvalue weighted by Crippen LogP contribution is 2.30. The van der Waals surface area contributed by atoms with Crippen LogP contribution in [0.1, 0.15) is 18.1 Å². The Labute approximate surface area is 169 Å². The molecular weight excluding hydrogens is 410 g/mol. The normalized spacial score (nSPS) is 19.0. The number of urea groups is 1. The van der Waals surface area contributed by atoms with Gasteiger partial charge in [0.1, 0.15) is 17.9 Å². The molecule has 0 radical (unpaired) electrons. The Morgan fingerprint density at radius 2 is 1.93 bits per heavy atom. The predicted octanol–water partition coefficient (Wildman–Crippen LogP) is 3.24. The molecule has 10 heteroatoms. The van der Waals surface area contributed by atoms with Crippen LogP contribution in [-0.4, -0.2) is 34.3 Å². The lowest BCUT2D eigenvalue weighted by atomic mass is 9.92.